The number of fused-ring (bicyclic) bond motifs is 2. The lowest BCUT2D eigenvalue weighted by molar-refractivity contribution is 0.0477. The van der Waals surface area contributed by atoms with E-state index in [2.05, 4.69) is 11.0 Å². The van der Waals surface area contributed by atoms with E-state index in [0.29, 0.717) is 6.54 Å². The van der Waals surface area contributed by atoms with E-state index in [-0.39, 0.29) is 6.04 Å². The van der Waals surface area contributed by atoms with Crippen LogP contribution in [-0.2, 0) is 0 Å². The largest absolute Gasteiger partial charge is 0.465 e. The molecule has 3 unspecified atom stereocenters. The fourth-order valence-electron chi connectivity index (χ4n) is 3.80. The number of aryl methyl sites for hydroxylation is 1. The SMILES string of the molecule is Cc1ccc(C(CN)N2CC3CCCC(C3)C2)o1. The van der Waals surface area contributed by atoms with Crippen molar-refractivity contribution in [2.24, 2.45) is 17.6 Å². The molecular weight excluding hydrogens is 224 g/mol. The Hall–Kier alpha value is -0.800. The second-order valence-corrected chi connectivity index (χ2v) is 6.05. The number of furan rings is 1. The average molecular weight is 248 g/mol. The highest BCUT2D eigenvalue weighted by molar-refractivity contribution is 5.11. The van der Waals surface area contributed by atoms with E-state index in [4.69, 9.17) is 10.2 Å². The molecule has 18 heavy (non-hydrogen) atoms. The zero-order valence-corrected chi connectivity index (χ0v) is 11.3. The lowest BCUT2D eigenvalue weighted by atomic mass is 9.77. The van der Waals surface area contributed by atoms with E-state index >= 15 is 0 Å². The maximum absolute atomic E-state index is 5.99. The summed E-state index contributed by atoms with van der Waals surface area (Å²) in [5, 5.41) is 0. The van der Waals surface area contributed by atoms with Gasteiger partial charge in [-0.25, -0.2) is 0 Å². The fraction of sp³-hybridized carbons (Fsp3) is 0.733. The van der Waals surface area contributed by atoms with Gasteiger partial charge in [0.05, 0.1) is 6.04 Å². The summed E-state index contributed by atoms with van der Waals surface area (Å²) < 4.78 is 5.79. The third-order valence-electron chi connectivity index (χ3n) is 4.63. The third kappa shape index (κ3) is 2.34. The first-order chi connectivity index (χ1) is 8.76. The van der Waals surface area contributed by atoms with E-state index in [1.165, 1.54) is 38.8 Å². The molecule has 1 aliphatic carbocycles. The minimum atomic E-state index is 0.280. The van der Waals surface area contributed by atoms with Gasteiger partial charge in [0.1, 0.15) is 11.5 Å². The molecule has 1 aromatic rings. The van der Waals surface area contributed by atoms with Gasteiger partial charge in [0.2, 0.25) is 0 Å². The molecular formula is C15H24N2O. The summed E-state index contributed by atoms with van der Waals surface area (Å²) in [7, 11) is 0. The van der Waals surface area contributed by atoms with Gasteiger partial charge in [-0.1, -0.05) is 6.42 Å². The highest BCUT2D eigenvalue weighted by Crippen LogP contribution is 2.37. The molecule has 2 N–H and O–H groups in total. The number of likely N-dealkylation sites (tertiary alicyclic amines) is 1. The van der Waals surface area contributed by atoms with Crippen molar-refractivity contribution in [3.8, 4) is 0 Å². The smallest absolute Gasteiger partial charge is 0.122 e. The molecule has 1 aromatic heterocycles. The van der Waals surface area contributed by atoms with Crippen LogP contribution in [-0.4, -0.2) is 24.5 Å². The normalized spacial score (nSPS) is 30.3. The lowest BCUT2D eigenvalue weighted by Crippen LogP contribution is -2.46. The van der Waals surface area contributed by atoms with Gasteiger partial charge in [-0.2, -0.15) is 0 Å². The van der Waals surface area contributed by atoms with Gasteiger partial charge in [0.15, 0.2) is 0 Å². The van der Waals surface area contributed by atoms with Crippen LogP contribution in [0.25, 0.3) is 0 Å². The van der Waals surface area contributed by atoms with Gasteiger partial charge >= 0.3 is 0 Å². The van der Waals surface area contributed by atoms with Gasteiger partial charge < -0.3 is 10.2 Å². The van der Waals surface area contributed by atoms with Crippen LogP contribution < -0.4 is 5.73 Å². The Bertz CT molecular complexity index is 389. The van der Waals surface area contributed by atoms with Crippen molar-refractivity contribution < 1.29 is 4.42 Å². The predicted octanol–water partition coefficient (Wildman–Crippen LogP) is 2.71. The molecule has 3 rings (SSSR count). The molecule has 100 valence electrons. The molecule has 1 saturated heterocycles. The standard InChI is InChI=1S/C15H24N2O/c1-11-5-6-15(18-11)14(8-16)17-9-12-3-2-4-13(7-12)10-17/h5-6,12-14H,2-4,7-10,16H2,1H3. The molecule has 1 aliphatic heterocycles. The molecule has 0 spiro atoms. The van der Waals surface area contributed by atoms with Crippen molar-refractivity contribution in [1.82, 2.24) is 4.90 Å². The van der Waals surface area contributed by atoms with Gasteiger partial charge in [0.25, 0.3) is 0 Å². The van der Waals surface area contributed by atoms with Crippen LogP contribution in [0.4, 0.5) is 0 Å². The van der Waals surface area contributed by atoms with E-state index in [0.717, 1.165) is 23.4 Å². The van der Waals surface area contributed by atoms with Crippen LogP contribution in [0.3, 0.4) is 0 Å². The quantitative estimate of drug-likeness (QED) is 0.894. The van der Waals surface area contributed by atoms with Crippen molar-refractivity contribution >= 4 is 0 Å². The van der Waals surface area contributed by atoms with Crippen LogP contribution in [0.1, 0.15) is 43.2 Å². The Morgan fingerprint density at radius 1 is 1.33 bits per heavy atom. The predicted molar refractivity (Wildman–Crippen MR) is 72.3 cm³/mol. The second kappa shape index (κ2) is 5.06. The van der Waals surface area contributed by atoms with Crippen LogP contribution in [0.15, 0.2) is 16.5 Å². The molecule has 2 bridgehead atoms. The van der Waals surface area contributed by atoms with Crippen molar-refractivity contribution in [2.45, 2.75) is 38.6 Å². The Kier molecular flexibility index (Phi) is 3.44. The summed E-state index contributed by atoms with van der Waals surface area (Å²) in [4.78, 5) is 2.57. The summed E-state index contributed by atoms with van der Waals surface area (Å²) in [6.45, 7) is 5.07. The fourth-order valence-corrected chi connectivity index (χ4v) is 3.80. The number of hydrogen-bond donors (Lipinski definition) is 1. The van der Waals surface area contributed by atoms with Gasteiger partial charge in [0, 0.05) is 19.6 Å². The summed E-state index contributed by atoms with van der Waals surface area (Å²) in [6.07, 6.45) is 5.67. The highest BCUT2D eigenvalue weighted by atomic mass is 16.3. The molecule has 2 fully saturated rings. The molecule has 3 nitrogen and oxygen atoms in total. The molecule has 0 amide bonds. The zero-order valence-electron chi connectivity index (χ0n) is 11.3. The minimum Gasteiger partial charge on any atom is -0.465 e. The molecule has 0 radical (unpaired) electrons. The number of rotatable bonds is 3. The number of nitrogens with zero attached hydrogens (tertiary/aromatic N) is 1. The van der Waals surface area contributed by atoms with Crippen LogP contribution in [0, 0.1) is 18.8 Å². The van der Waals surface area contributed by atoms with E-state index in [1.807, 2.05) is 13.0 Å². The monoisotopic (exact) mass is 248 g/mol. The Labute approximate surface area is 109 Å². The van der Waals surface area contributed by atoms with Gasteiger partial charge in [-0.15, -0.1) is 0 Å². The maximum atomic E-state index is 5.99. The zero-order chi connectivity index (χ0) is 12.5. The molecule has 2 aliphatic rings. The topological polar surface area (TPSA) is 42.4 Å². The molecule has 1 saturated carbocycles. The van der Waals surface area contributed by atoms with Crippen LogP contribution in [0.5, 0.6) is 0 Å². The maximum Gasteiger partial charge on any atom is 0.122 e. The van der Waals surface area contributed by atoms with Crippen molar-refractivity contribution in [1.29, 1.82) is 0 Å². The summed E-state index contributed by atoms with van der Waals surface area (Å²) in [5.74, 6) is 3.82. The number of hydrogen-bond acceptors (Lipinski definition) is 3. The lowest BCUT2D eigenvalue weighted by Gasteiger charge is -2.44. The van der Waals surface area contributed by atoms with E-state index in [9.17, 15) is 0 Å². The molecule has 3 atom stereocenters. The van der Waals surface area contributed by atoms with Gasteiger partial charge in [-0.05, 0) is 50.2 Å². The van der Waals surface area contributed by atoms with Crippen molar-refractivity contribution in [3.05, 3.63) is 23.7 Å². The van der Waals surface area contributed by atoms with E-state index < -0.39 is 0 Å². The third-order valence-corrected chi connectivity index (χ3v) is 4.63. The molecule has 0 aromatic carbocycles. The van der Waals surface area contributed by atoms with Crippen molar-refractivity contribution in [2.75, 3.05) is 19.6 Å². The summed E-state index contributed by atoms with van der Waals surface area (Å²) in [5.41, 5.74) is 5.99. The van der Waals surface area contributed by atoms with Crippen LogP contribution >= 0.6 is 0 Å². The Balaban J connectivity index is 1.75. The van der Waals surface area contributed by atoms with E-state index in [1.54, 1.807) is 0 Å². The molecule has 3 heteroatoms. The highest BCUT2D eigenvalue weighted by Gasteiger charge is 2.34. The summed E-state index contributed by atoms with van der Waals surface area (Å²) in [6, 6.07) is 4.42. The van der Waals surface area contributed by atoms with Gasteiger partial charge in [-0.3, -0.25) is 4.90 Å². The first-order valence-electron chi connectivity index (χ1n) is 7.26. The number of piperidine rings is 1. The van der Waals surface area contributed by atoms with Crippen molar-refractivity contribution in [3.63, 3.8) is 0 Å². The minimum absolute atomic E-state index is 0.280. The Morgan fingerprint density at radius 3 is 2.61 bits per heavy atom. The summed E-state index contributed by atoms with van der Waals surface area (Å²) >= 11 is 0. The molecule has 2 heterocycles. The first-order valence-corrected chi connectivity index (χ1v) is 7.26. The first kappa shape index (κ1) is 12.2. The number of nitrogens with two attached hydrogens (primary N) is 1. The van der Waals surface area contributed by atoms with Crippen LogP contribution in [0.2, 0.25) is 0 Å². The second-order valence-electron chi connectivity index (χ2n) is 6.05. The average Bonchev–Trinajstić information content (AvgIpc) is 2.76. The Morgan fingerprint density at radius 2 is 2.06 bits per heavy atom.